The van der Waals surface area contributed by atoms with Crippen molar-refractivity contribution in [2.45, 2.75) is 13.0 Å². The van der Waals surface area contributed by atoms with Crippen LogP contribution in [0.3, 0.4) is 0 Å². The quantitative estimate of drug-likeness (QED) is 0.765. The Labute approximate surface area is 86.4 Å². The van der Waals surface area contributed by atoms with Gasteiger partial charge in [0.25, 0.3) is 0 Å². The number of aromatic nitrogens is 3. The van der Waals surface area contributed by atoms with Gasteiger partial charge in [-0.1, -0.05) is 0 Å². The third-order valence-corrected chi connectivity index (χ3v) is 2.39. The van der Waals surface area contributed by atoms with Crippen LogP contribution in [0.15, 0.2) is 40.9 Å². The minimum absolute atomic E-state index is 0.00116. The molecule has 0 saturated carbocycles. The van der Waals surface area contributed by atoms with E-state index in [1.807, 2.05) is 19.1 Å². The van der Waals surface area contributed by atoms with Crippen LogP contribution >= 0.6 is 0 Å². The fourth-order valence-electron chi connectivity index (χ4n) is 1.73. The SMILES string of the molecule is CC1=CC(c2ccco2)n2ncnc2N1. The second-order valence-electron chi connectivity index (χ2n) is 3.46. The molecular weight excluding hydrogens is 192 g/mol. The molecule has 0 aromatic carbocycles. The fraction of sp³-hybridized carbons (Fsp3) is 0.200. The van der Waals surface area contributed by atoms with Crippen molar-refractivity contribution in [1.82, 2.24) is 14.8 Å². The highest BCUT2D eigenvalue weighted by molar-refractivity contribution is 5.40. The lowest BCUT2D eigenvalue weighted by atomic mass is 10.2. The standard InChI is InChI=1S/C10H10N4O/c1-7-5-8(9-3-2-4-15-9)14-10(13-7)11-6-12-14/h2-6,8H,1H3,(H,11,12,13). The van der Waals surface area contributed by atoms with Gasteiger partial charge < -0.3 is 9.73 Å². The van der Waals surface area contributed by atoms with Crippen LogP contribution in [0.25, 0.3) is 0 Å². The minimum atomic E-state index is -0.00116. The van der Waals surface area contributed by atoms with Crippen molar-refractivity contribution in [3.05, 3.63) is 42.3 Å². The summed E-state index contributed by atoms with van der Waals surface area (Å²) in [5.41, 5.74) is 1.05. The van der Waals surface area contributed by atoms with Crippen molar-refractivity contribution >= 4 is 5.95 Å². The van der Waals surface area contributed by atoms with Gasteiger partial charge in [-0.25, -0.2) is 4.68 Å². The number of hydrogen-bond acceptors (Lipinski definition) is 4. The summed E-state index contributed by atoms with van der Waals surface area (Å²) >= 11 is 0. The number of fused-ring (bicyclic) bond motifs is 1. The molecule has 1 unspecified atom stereocenters. The number of anilines is 1. The van der Waals surface area contributed by atoms with Crippen LogP contribution in [-0.4, -0.2) is 14.8 Å². The van der Waals surface area contributed by atoms with Crippen molar-refractivity contribution < 1.29 is 4.42 Å². The Morgan fingerprint density at radius 3 is 3.27 bits per heavy atom. The Morgan fingerprint density at radius 1 is 1.53 bits per heavy atom. The zero-order valence-electron chi connectivity index (χ0n) is 8.21. The summed E-state index contributed by atoms with van der Waals surface area (Å²) < 4.78 is 7.18. The summed E-state index contributed by atoms with van der Waals surface area (Å²) in [6.45, 7) is 1.99. The first-order valence-corrected chi connectivity index (χ1v) is 4.73. The second kappa shape index (κ2) is 2.98. The van der Waals surface area contributed by atoms with E-state index in [4.69, 9.17) is 4.42 Å². The predicted molar refractivity (Wildman–Crippen MR) is 54.2 cm³/mol. The maximum Gasteiger partial charge on any atom is 0.226 e. The monoisotopic (exact) mass is 202 g/mol. The Balaban J connectivity index is 2.11. The molecule has 5 heteroatoms. The summed E-state index contributed by atoms with van der Waals surface area (Å²) in [4.78, 5) is 4.13. The number of hydrogen-bond donors (Lipinski definition) is 1. The van der Waals surface area contributed by atoms with Crippen LogP contribution in [0.5, 0.6) is 0 Å². The molecule has 5 nitrogen and oxygen atoms in total. The molecule has 3 heterocycles. The summed E-state index contributed by atoms with van der Waals surface area (Å²) in [6, 6.07) is 3.81. The third kappa shape index (κ3) is 1.24. The van der Waals surface area contributed by atoms with Gasteiger partial charge in [0.05, 0.1) is 6.26 Å². The van der Waals surface area contributed by atoms with Gasteiger partial charge >= 0.3 is 0 Å². The first kappa shape index (κ1) is 8.28. The minimum Gasteiger partial charge on any atom is -0.467 e. The molecule has 0 aliphatic carbocycles. The smallest absolute Gasteiger partial charge is 0.226 e. The van der Waals surface area contributed by atoms with Gasteiger partial charge in [0.2, 0.25) is 5.95 Å². The van der Waals surface area contributed by atoms with Gasteiger partial charge in [-0.2, -0.15) is 10.1 Å². The topological polar surface area (TPSA) is 55.9 Å². The summed E-state index contributed by atoms with van der Waals surface area (Å²) in [6.07, 6.45) is 5.25. The molecule has 0 spiro atoms. The van der Waals surface area contributed by atoms with Gasteiger partial charge in [0, 0.05) is 5.70 Å². The van der Waals surface area contributed by atoms with E-state index in [9.17, 15) is 0 Å². The van der Waals surface area contributed by atoms with Crippen molar-refractivity contribution in [3.8, 4) is 0 Å². The average molecular weight is 202 g/mol. The molecule has 15 heavy (non-hydrogen) atoms. The van der Waals surface area contributed by atoms with E-state index in [0.29, 0.717) is 0 Å². The molecule has 1 N–H and O–H groups in total. The van der Waals surface area contributed by atoms with Crippen LogP contribution in [-0.2, 0) is 0 Å². The molecule has 0 saturated heterocycles. The van der Waals surface area contributed by atoms with E-state index in [1.54, 1.807) is 10.9 Å². The van der Waals surface area contributed by atoms with E-state index in [-0.39, 0.29) is 6.04 Å². The first-order valence-electron chi connectivity index (χ1n) is 4.73. The van der Waals surface area contributed by atoms with E-state index in [2.05, 4.69) is 21.5 Å². The molecule has 0 radical (unpaired) electrons. The highest BCUT2D eigenvalue weighted by atomic mass is 16.3. The van der Waals surface area contributed by atoms with Crippen molar-refractivity contribution in [2.24, 2.45) is 0 Å². The molecule has 1 atom stereocenters. The van der Waals surface area contributed by atoms with Crippen LogP contribution < -0.4 is 5.32 Å². The lowest BCUT2D eigenvalue weighted by molar-refractivity contribution is 0.446. The summed E-state index contributed by atoms with van der Waals surface area (Å²) in [5, 5.41) is 7.31. The molecule has 0 amide bonds. The van der Waals surface area contributed by atoms with Gasteiger partial charge in [-0.05, 0) is 25.1 Å². The first-order chi connectivity index (χ1) is 7.34. The maximum atomic E-state index is 5.39. The van der Waals surface area contributed by atoms with Gasteiger partial charge in [0.15, 0.2) is 0 Å². The van der Waals surface area contributed by atoms with E-state index in [0.717, 1.165) is 17.4 Å². The highest BCUT2D eigenvalue weighted by Gasteiger charge is 2.22. The molecular formula is C10H10N4O. The number of nitrogens with one attached hydrogen (secondary N) is 1. The number of furan rings is 1. The zero-order valence-corrected chi connectivity index (χ0v) is 8.21. The molecule has 3 rings (SSSR count). The van der Waals surface area contributed by atoms with Crippen LogP contribution in [0.4, 0.5) is 5.95 Å². The zero-order chi connectivity index (χ0) is 10.3. The highest BCUT2D eigenvalue weighted by Crippen LogP contribution is 2.27. The molecule has 2 aromatic heterocycles. The van der Waals surface area contributed by atoms with Crippen LogP contribution in [0.2, 0.25) is 0 Å². The molecule has 1 aliphatic rings. The van der Waals surface area contributed by atoms with Gasteiger partial charge in [0.1, 0.15) is 18.1 Å². The van der Waals surface area contributed by atoms with Crippen LogP contribution in [0, 0.1) is 0 Å². The molecule has 76 valence electrons. The van der Waals surface area contributed by atoms with Crippen molar-refractivity contribution in [2.75, 3.05) is 5.32 Å². The van der Waals surface area contributed by atoms with Crippen molar-refractivity contribution in [1.29, 1.82) is 0 Å². The Morgan fingerprint density at radius 2 is 2.47 bits per heavy atom. The van der Waals surface area contributed by atoms with Crippen molar-refractivity contribution in [3.63, 3.8) is 0 Å². The molecule has 2 aromatic rings. The molecule has 1 aliphatic heterocycles. The number of allylic oxidation sites excluding steroid dienone is 2. The van der Waals surface area contributed by atoms with Gasteiger partial charge in [-0.3, -0.25) is 0 Å². The van der Waals surface area contributed by atoms with E-state index < -0.39 is 0 Å². The fourth-order valence-corrected chi connectivity index (χ4v) is 1.73. The normalized spacial score (nSPS) is 19.3. The molecule has 0 fully saturated rings. The van der Waals surface area contributed by atoms with E-state index in [1.165, 1.54) is 6.33 Å². The molecule has 0 bridgehead atoms. The summed E-state index contributed by atoms with van der Waals surface area (Å²) in [5.74, 6) is 1.61. The number of nitrogens with zero attached hydrogens (tertiary/aromatic N) is 3. The van der Waals surface area contributed by atoms with Crippen LogP contribution in [0.1, 0.15) is 18.7 Å². The lowest BCUT2D eigenvalue weighted by Crippen LogP contribution is -2.19. The van der Waals surface area contributed by atoms with E-state index >= 15 is 0 Å². The summed E-state index contributed by atoms with van der Waals surface area (Å²) in [7, 11) is 0. The predicted octanol–water partition coefficient (Wildman–Crippen LogP) is 1.79. The Kier molecular flexibility index (Phi) is 1.65. The third-order valence-electron chi connectivity index (χ3n) is 2.39. The maximum absolute atomic E-state index is 5.39. The Hall–Kier alpha value is -2.04. The average Bonchev–Trinajstić information content (AvgIpc) is 2.86. The second-order valence-corrected chi connectivity index (χ2v) is 3.46. The van der Waals surface area contributed by atoms with Gasteiger partial charge in [-0.15, -0.1) is 0 Å². The lowest BCUT2D eigenvalue weighted by Gasteiger charge is -2.20. The number of rotatable bonds is 1. The Bertz CT molecular complexity index is 497. The largest absolute Gasteiger partial charge is 0.467 e.